The molecule has 0 aliphatic heterocycles. The molecule has 1 unspecified atom stereocenters. The highest BCUT2D eigenvalue weighted by Gasteiger charge is 2.15. The summed E-state index contributed by atoms with van der Waals surface area (Å²) in [6, 6.07) is 12.3. The summed E-state index contributed by atoms with van der Waals surface area (Å²) in [6.45, 7) is 1.87. The molecular formula is C13H13N3O3. The van der Waals surface area contributed by atoms with Gasteiger partial charge in [0.25, 0.3) is 0 Å². The standard InChI is InChI=1S/C13H13N3O3/c1-9(10-5-3-2-4-6-10)19-12-8-7-11(16(17)18)13(14)15-12/h2-9H,1H3,(H2,14,15). The molecule has 0 saturated carbocycles. The van der Waals surface area contributed by atoms with Crippen molar-refractivity contribution in [2.24, 2.45) is 0 Å². The quantitative estimate of drug-likeness (QED) is 0.673. The number of nitro groups is 1. The third-order valence-electron chi connectivity index (χ3n) is 2.64. The van der Waals surface area contributed by atoms with Crippen LogP contribution in [0.5, 0.6) is 5.88 Å². The lowest BCUT2D eigenvalue weighted by molar-refractivity contribution is -0.384. The third kappa shape index (κ3) is 2.98. The van der Waals surface area contributed by atoms with E-state index in [1.807, 2.05) is 37.3 Å². The zero-order valence-corrected chi connectivity index (χ0v) is 10.3. The molecule has 0 bridgehead atoms. The van der Waals surface area contributed by atoms with Gasteiger partial charge >= 0.3 is 5.69 Å². The molecule has 2 rings (SSSR count). The van der Waals surface area contributed by atoms with Gasteiger partial charge in [0.15, 0.2) is 0 Å². The highest BCUT2D eigenvalue weighted by Crippen LogP contribution is 2.25. The lowest BCUT2D eigenvalue weighted by Crippen LogP contribution is -2.06. The average molecular weight is 259 g/mol. The van der Waals surface area contributed by atoms with E-state index in [0.29, 0.717) is 0 Å². The van der Waals surface area contributed by atoms with Crippen LogP contribution in [0.2, 0.25) is 0 Å². The molecule has 0 aliphatic rings. The van der Waals surface area contributed by atoms with Crippen LogP contribution in [-0.2, 0) is 0 Å². The largest absolute Gasteiger partial charge is 0.470 e. The highest BCUT2D eigenvalue weighted by molar-refractivity contribution is 5.53. The van der Waals surface area contributed by atoms with Crippen LogP contribution < -0.4 is 10.5 Å². The van der Waals surface area contributed by atoms with E-state index < -0.39 is 4.92 Å². The Bertz CT molecular complexity index is 587. The molecule has 19 heavy (non-hydrogen) atoms. The fraction of sp³-hybridized carbons (Fsp3) is 0.154. The molecule has 0 fully saturated rings. The van der Waals surface area contributed by atoms with Gasteiger partial charge in [0.1, 0.15) is 6.10 Å². The number of hydrogen-bond donors (Lipinski definition) is 1. The van der Waals surface area contributed by atoms with E-state index in [9.17, 15) is 10.1 Å². The Morgan fingerprint density at radius 3 is 2.53 bits per heavy atom. The summed E-state index contributed by atoms with van der Waals surface area (Å²) in [7, 11) is 0. The van der Waals surface area contributed by atoms with Crippen LogP contribution in [0.25, 0.3) is 0 Å². The predicted octanol–water partition coefficient (Wildman–Crippen LogP) is 2.71. The predicted molar refractivity (Wildman–Crippen MR) is 70.8 cm³/mol. The maximum atomic E-state index is 10.6. The number of nitrogens with two attached hydrogens (primary N) is 1. The van der Waals surface area contributed by atoms with Gasteiger partial charge in [-0.05, 0) is 12.5 Å². The van der Waals surface area contributed by atoms with Crippen molar-refractivity contribution in [3.05, 3.63) is 58.1 Å². The summed E-state index contributed by atoms with van der Waals surface area (Å²) in [5.41, 5.74) is 6.27. The van der Waals surface area contributed by atoms with Crippen molar-refractivity contribution in [1.29, 1.82) is 0 Å². The van der Waals surface area contributed by atoms with Crippen LogP contribution >= 0.6 is 0 Å². The zero-order valence-electron chi connectivity index (χ0n) is 10.3. The normalized spacial score (nSPS) is 11.8. The number of rotatable bonds is 4. The summed E-state index contributed by atoms with van der Waals surface area (Å²) in [5.74, 6) is 0.113. The van der Waals surface area contributed by atoms with Gasteiger partial charge in [0.05, 0.1) is 4.92 Å². The van der Waals surface area contributed by atoms with E-state index in [0.717, 1.165) is 5.56 Å². The Hall–Kier alpha value is -2.63. The number of aromatic nitrogens is 1. The van der Waals surface area contributed by atoms with Crippen LogP contribution in [0.4, 0.5) is 11.5 Å². The fourth-order valence-corrected chi connectivity index (χ4v) is 1.64. The summed E-state index contributed by atoms with van der Waals surface area (Å²) >= 11 is 0. The molecule has 1 aromatic carbocycles. The summed E-state index contributed by atoms with van der Waals surface area (Å²) in [4.78, 5) is 13.9. The van der Waals surface area contributed by atoms with Gasteiger partial charge in [0.2, 0.25) is 11.7 Å². The number of ether oxygens (including phenoxy) is 1. The van der Waals surface area contributed by atoms with E-state index in [1.54, 1.807) is 0 Å². The Kier molecular flexibility index (Phi) is 3.61. The molecule has 0 amide bonds. The maximum Gasteiger partial charge on any atom is 0.311 e. The highest BCUT2D eigenvalue weighted by atomic mass is 16.6. The first-order valence-electron chi connectivity index (χ1n) is 5.70. The second kappa shape index (κ2) is 5.34. The SMILES string of the molecule is CC(Oc1ccc([N+](=O)[O-])c(N)n1)c1ccccc1. The second-order valence-corrected chi connectivity index (χ2v) is 3.98. The monoisotopic (exact) mass is 259 g/mol. The second-order valence-electron chi connectivity index (χ2n) is 3.98. The Labute approximate surface area is 110 Å². The van der Waals surface area contributed by atoms with Gasteiger partial charge in [-0.1, -0.05) is 30.3 Å². The molecule has 0 aliphatic carbocycles. The van der Waals surface area contributed by atoms with Crippen LogP contribution in [0.3, 0.4) is 0 Å². The van der Waals surface area contributed by atoms with Gasteiger partial charge in [-0.25, -0.2) is 0 Å². The molecule has 1 aromatic heterocycles. The first-order valence-corrected chi connectivity index (χ1v) is 5.70. The summed E-state index contributed by atoms with van der Waals surface area (Å²) in [6.07, 6.45) is -0.213. The third-order valence-corrected chi connectivity index (χ3v) is 2.64. The Morgan fingerprint density at radius 1 is 1.26 bits per heavy atom. The van der Waals surface area contributed by atoms with E-state index in [1.165, 1.54) is 12.1 Å². The Balaban J connectivity index is 2.16. The van der Waals surface area contributed by atoms with Crippen LogP contribution in [0.15, 0.2) is 42.5 Å². The van der Waals surface area contributed by atoms with E-state index in [-0.39, 0.29) is 23.5 Å². The van der Waals surface area contributed by atoms with Crippen LogP contribution in [0.1, 0.15) is 18.6 Å². The van der Waals surface area contributed by atoms with Gasteiger partial charge in [-0.15, -0.1) is 0 Å². The molecule has 6 heteroatoms. The maximum absolute atomic E-state index is 10.6. The minimum atomic E-state index is -0.577. The molecule has 2 N–H and O–H groups in total. The Morgan fingerprint density at radius 2 is 1.95 bits per heavy atom. The van der Waals surface area contributed by atoms with Crippen molar-refractivity contribution < 1.29 is 9.66 Å². The van der Waals surface area contributed by atoms with Crippen molar-refractivity contribution in [1.82, 2.24) is 4.98 Å². The van der Waals surface area contributed by atoms with Gasteiger partial charge < -0.3 is 10.5 Å². The van der Waals surface area contributed by atoms with Crippen molar-refractivity contribution in [2.75, 3.05) is 5.73 Å². The number of nitrogens with zero attached hydrogens (tertiary/aromatic N) is 2. The van der Waals surface area contributed by atoms with Crippen molar-refractivity contribution >= 4 is 11.5 Å². The summed E-state index contributed by atoms with van der Waals surface area (Å²) < 4.78 is 5.60. The molecule has 0 spiro atoms. The minimum Gasteiger partial charge on any atom is -0.470 e. The summed E-state index contributed by atoms with van der Waals surface area (Å²) in [5, 5.41) is 10.6. The lowest BCUT2D eigenvalue weighted by atomic mass is 10.1. The topological polar surface area (TPSA) is 91.3 Å². The van der Waals surface area contributed by atoms with Gasteiger partial charge in [-0.3, -0.25) is 10.1 Å². The van der Waals surface area contributed by atoms with E-state index >= 15 is 0 Å². The first-order chi connectivity index (χ1) is 9.08. The van der Waals surface area contributed by atoms with Crippen LogP contribution in [-0.4, -0.2) is 9.91 Å². The van der Waals surface area contributed by atoms with Crippen molar-refractivity contribution in [3.63, 3.8) is 0 Å². The average Bonchev–Trinajstić information content (AvgIpc) is 2.39. The molecule has 0 radical (unpaired) electrons. The molecule has 1 heterocycles. The molecule has 2 aromatic rings. The number of hydrogen-bond acceptors (Lipinski definition) is 5. The first kappa shape index (κ1) is 12.8. The number of pyridine rings is 1. The van der Waals surface area contributed by atoms with Crippen molar-refractivity contribution in [2.45, 2.75) is 13.0 Å². The van der Waals surface area contributed by atoms with Crippen LogP contribution in [0, 0.1) is 10.1 Å². The number of anilines is 1. The van der Waals surface area contributed by atoms with Crippen molar-refractivity contribution in [3.8, 4) is 5.88 Å². The minimum absolute atomic E-state index is 0.150. The fourth-order valence-electron chi connectivity index (χ4n) is 1.64. The zero-order chi connectivity index (χ0) is 13.8. The number of nitrogen functional groups attached to an aromatic ring is 1. The molecule has 1 atom stereocenters. The molecular weight excluding hydrogens is 246 g/mol. The van der Waals surface area contributed by atoms with E-state index in [4.69, 9.17) is 10.5 Å². The lowest BCUT2D eigenvalue weighted by Gasteiger charge is -2.14. The van der Waals surface area contributed by atoms with Gasteiger partial charge in [0, 0.05) is 12.1 Å². The smallest absolute Gasteiger partial charge is 0.311 e. The number of benzene rings is 1. The van der Waals surface area contributed by atoms with Gasteiger partial charge in [-0.2, -0.15) is 4.98 Å². The van der Waals surface area contributed by atoms with E-state index in [2.05, 4.69) is 4.98 Å². The molecule has 98 valence electrons. The molecule has 6 nitrogen and oxygen atoms in total. The molecule has 0 saturated heterocycles.